The molecule has 0 atom stereocenters. The molecule has 0 bridgehead atoms. The minimum atomic E-state index is 0.293. The van der Waals surface area contributed by atoms with Crippen molar-refractivity contribution >= 4 is 5.88 Å². The fraction of sp³-hybridized carbons (Fsp3) is 0.250. The Bertz CT molecular complexity index is 508. The zero-order chi connectivity index (χ0) is 12.3. The van der Waals surface area contributed by atoms with Gasteiger partial charge in [0.05, 0.1) is 25.5 Å². The molecule has 1 aromatic carbocycles. The number of methoxy groups -OCH3 is 2. The number of nitrogen functional groups attached to an aromatic ring is 1. The van der Waals surface area contributed by atoms with Gasteiger partial charge in [-0.2, -0.15) is 0 Å². The summed E-state index contributed by atoms with van der Waals surface area (Å²) in [5, 5.41) is 3.66. The van der Waals surface area contributed by atoms with Crippen molar-refractivity contribution < 1.29 is 14.0 Å². The van der Waals surface area contributed by atoms with Crippen molar-refractivity contribution in [3.05, 3.63) is 30.0 Å². The Morgan fingerprint density at radius 3 is 2.71 bits per heavy atom. The highest BCUT2D eigenvalue weighted by Gasteiger charge is 2.09. The highest BCUT2D eigenvalue weighted by molar-refractivity contribution is 5.73. The van der Waals surface area contributed by atoms with E-state index >= 15 is 0 Å². The van der Waals surface area contributed by atoms with Gasteiger partial charge in [-0.05, 0) is 29.3 Å². The molecule has 1 aromatic heterocycles. The first-order chi connectivity index (χ1) is 8.24. The molecule has 0 aliphatic rings. The summed E-state index contributed by atoms with van der Waals surface area (Å²) in [6.45, 7) is 0.509. The Kier molecular flexibility index (Phi) is 3.30. The third-order valence-electron chi connectivity index (χ3n) is 2.42. The average molecular weight is 234 g/mol. The van der Waals surface area contributed by atoms with Crippen molar-refractivity contribution in [2.45, 2.75) is 6.61 Å². The monoisotopic (exact) mass is 234 g/mol. The van der Waals surface area contributed by atoms with Crippen LogP contribution in [0.3, 0.4) is 0 Å². The molecular formula is C12H14N2O3. The average Bonchev–Trinajstić information content (AvgIpc) is 2.75. The highest BCUT2D eigenvalue weighted by Crippen LogP contribution is 2.30. The first-order valence-corrected chi connectivity index (χ1v) is 5.12. The van der Waals surface area contributed by atoms with Gasteiger partial charge in [-0.3, -0.25) is 0 Å². The van der Waals surface area contributed by atoms with Gasteiger partial charge < -0.3 is 19.7 Å². The van der Waals surface area contributed by atoms with Crippen LogP contribution < -0.4 is 10.5 Å². The number of anilines is 1. The third-order valence-corrected chi connectivity index (χ3v) is 2.42. The van der Waals surface area contributed by atoms with Crippen LogP contribution in [0.2, 0.25) is 0 Å². The number of rotatable bonds is 4. The van der Waals surface area contributed by atoms with Crippen molar-refractivity contribution in [1.29, 1.82) is 0 Å². The minimum Gasteiger partial charge on any atom is -0.497 e. The maximum Gasteiger partial charge on any atom is 0.229 e. The number of nitrogens with zero attached hydrogens (tertiary/aromatic N) is 1. The van der Waals surface area contributed by atoms with Crippen molar-refractivity contribution in [3.8, 4) is 16.9 Å². The number of ether oxygens (including phenoxy) is 2. The van der Waals surface area contributed by atoms with Gasteiger partial charge in [-0.1, -0.05) is 5.16 Å². The SMILES string of the molecule is COCc1cc(OC)cc(-c2cnoc2N)c1. The minimum absolute atomic E-state index is 0.293. The first kappa shape index (κ1) is 11.5. The maximum absolute atomic E-state index is 5.69. The van der Waals surface area contributed by atoms with Crippen LogP contribution in [0, 0.1) is 0 Å². The molecule has 0 spiro atoms. The topological polar surface area (TPSA) is 70.5 Å². The summed E-state index contributed by atoms with van der Waals surface area (Å²) >= 11 is 0. The van der Waals surface area contributed by atoms with Gasteiger partial charge >= 0.3 is 0 Å². The summed E-state index contributed by atoms with van der Waals surface area (Å²) in [6, 6.07) is 5.76. The van der Waals surface area contributed by atoms with E-state index in [0.29, 0.717) is 12.5 Å². The summed E-state index contributed by atoms with van der Waals surface area (Å²) in [7, 11) is 3.26. The lowest BCUT2D eigenvalue weighted by Crippen LogP contribution is -1.92. The molecule has 0 unspecified atom stereocenters. The Labute approximate surface area is 99.1 Å². The number of nitrogens with two attached hydrogens (primary N) is 1. The summed E-state index contributed by atoms with van der Waals surface area (Å²) in [5.41, 5.74) is 8.34. The van der Waals surface area contributed by atoms with Crippen molar-refractivity contribution in [2.24, 2.45) is 0 Å². The van der Waals surface area contributed by atoms with E-state index in [9.17, 15) is 0 Å². The largest absolute Gasteiger partial charge is 0.497 e. The quantitative estimate of drug-likeness (QED) is 0.876. The predicted octanol–water partition coefficient (Wildman–Crippen LogP) is 2.08. The molecule has 2 N–H and O–H groups in total. The zero-order valence-electron chi connectivity index (χ0n) is 9.77. The second-order valence-corrected chi connectivity index (χ2v) is 3.61. The van der Waals surface area contributed by atoms with Gasteiger partial charge in [0.25, 0.3) is 0 Å². The molecule has 0 aliphatic heterocycles. The van der Waals surface area contributed by atoms with Crippen molar-refractivity contribution in [2.75, 3.05) is 20.0 Å². The highest BCUT2D eigenvalue weighted by atomic mass is 16.5. The van der Waals surface area contributed by atoms with Crippen LogP contribution in [-0.2, 0) is 11.3 Å². The number of benzene rings is 1. The zero-order valence-corrected chi connectivity index (χ0v) is 9.77. The van der Waals surface area contributed by atoms with Crippen LogP contribution in [0.15, 0.2) is 28.9 Å². The van der Waals surface area contributed by atoms with Gasteiger partial charge in [0.1, 0.15) is 5.75 Å². The molecule has 1 heterocycles. The molecule has 5 nitrogen and oxygen atoms in total. The molecular weight excluding hydrogens is 220 g/mol. The molecule has 17 heavy (non-hydrogen) atoms. The smallest absolute Gasteiger partial charge is 0.229 e. The second-order valence-electron chi connectivity index (χ2n) is 3.61. The van der Waals surface area contributed by atoms with Gasteiger partial charge in [0.15, 0.2) is 0 Å². The van der Waals surface area contributed by atoms with Gasteiger partial charge in [-0.25, -0.2) is 0 Å². The Morgan fingerprint density at radius 2 is 2.12 bits per heavy atom. The van der Waals surface area contributed by atoms with Crippen LogP contribution in [0.5, 0.6) is 5.75 Å². The summed E-state index contributed by atoms with van der Waals surface area (Å²) in [5.74, 6) is 1.04. The van der Waals surface area contributed by atoms with E-state index in [2.05, 4.69) is 5.16 Å². The number of aromatic nitrogens is 1. The fourth-order valence-electron chi connectivity index (χ4n) is 1.65. The third kappa shape index (κ3) is 2.39. The van der Waals surface area contributed by atoms with Crippen LogP contribution in [-0.4, -0.2) is 19.4 Å². The van der Waals surface area contributed by atoms with Crippen molar-refractivity contribution in [3.63, 3.8) is 0 Å². The number of hydrogen-bond acceptors (Lipinski definition) is 5. The van der Waals surface area contributed by atoms with Crippen LogP contribution in [0.4, 0.5) is 5.88 Å². The number of hydrogen-bond donors (Lipinski definition) is 1. The van der Waals surface area contributed by atoms with E-state index in [4.69, 9.17) is 19.7 Å². The van der Waals surface area contributed by atoms with E-state index in [0.717, 1.165) is 22.4 Å². The molecule has 0 radical (unpaired) electrons. The Hall–Kier alpha value is -2.01. The summed E-state index contributed by atoms with van der Waals surface area (Å²) < 4.78 is 15.2. The lowest BCUT2D eigenvalue weighted by Gasteiger charge is -2.07. The van der Waals surface area contributed by atoms with Gasteiger partial charge in [0, 0.05) is 7.11 Å². The van der Waals surface area contributed by atoms with E-state index in [1.165, 1.54) is 0 Å². The Morgan fingerprint density at radius 1 is 1.29 bits per heavy atom. The molecule has 0 fully saturated rings. The molecule has 0 aliphatic carbocycles. The molecule has 2 aromatic rings. The van der Waals surface area contributed by atoms with Crippen LogP contribution in [0.1, 0.15) is 5.56 Å². The molecule has 0 amide bonds. The van der Waals surface area contributed by atoms with E-state index in [1.54, 1.807) is 20.4 Å². The maximum atomic E-state index is 5.69. The summed E-state index contributed by atoms with van der Waals surface area (Å²) in [6.07, 6.45) is 1.58. The molecule has 0 saturated heterocycles. The predicted molar refractivity (Wildman–Crippen MR) is 63.6 cm³/mol. The van der Waals surface area contributed by atoms with E-state index < -0.39 is 0 Å². The van der Waals surface area contributed by atoms with Crippen molar-refractivity contribution in [1.82, 2.24) is 5.16 Å². The fourth-order valence-corrected chi connectivity index (χ4v) is 1.65. The second kappa shape index (κ2) is 4.88. The molecule has 90 valence electrons. The first-order valence-electron chi connectivity index (χ1n) is 5.12. The Balaban J connectivity index is 2.46. The standard InChI is InChI=1S/C12H14N2O3/c1-15-7-8-3-9(5-10(4-8)16-2)11-6-14-17-12(11)13/h3-6H,7,13H2,1-2H3. The lowest BCUT2D eigenvalue weighted by atomic mass is 10.1. The molecule has 2 rings (SSSR count). The van der Waals surface area contributed by atoms with Crippen LogP contribution >= 0.6 is 0 Å². The normalized spacial score (nSPS) is 10.5. The van der Waals surface area contributed by atoms with Gasteiger partial charge in [-0.15, -0.1) is 0 Å². The molecule has 5 heteroatoms. The summed E-state index contributed by atoms with van der Waals surface area (Å²) in [4.78, 5) is 0. The molecule has 0 saturated carbocycles. The van der Waals surface area contributed by atoms with Gasteiger partial charge in [0.2, 0.25) is 5.88 Å². The van der Waals surface area contributed by atoms with E-state index in [1.807, 2.05) is 18.2 Å². The lowest BCUT2D eigenvalue weighted by molar-refractivity contribution is 0.184. The van der Waals surface area contributed by atoms with Crippen LogP contribution in [0.25, 0.3) is 11.1 Å². The van der Waals surface area contributed by atoms with E-state index in [-0.39, 0.29) is 0 Å².